The average molecular weight is 374 g/mol. The lowest BCUT2D eigenvalue weighted by molar-refractivity contribution is -0.130. The molecule has 138 valence electrons. The largest absolute Gasteiger partial charge is 0.343 e. The van der Waals surface area contributed by atoms with Crippen LogP contribution >= 0.6 is 11.6 Å². The van der Waals surface area contributed by atoms with Gasteiger partial charge in [-0.1, -0.05) is 11.6 Å². The number of amides is 1. The lowest BCUT2D eigenvalue weighted by Gasteiger charge is -2.32. The molecular weight excluding hydrogens is 350 g/mol. The first kappa shape index (κ1) is 18.7. The zero-order valence-corrected chi connectivity index (χ0v) is 15.7. The van der Waals surface area contributed by atoms with Gasteiger partial charge in [-0.15, -0.1) is 0 Å². The van der Waals surface area contributed by atoms with E-state index in [-0.39, 0.29) is 11.8 Å². The summed E-state index contributed by atoms with van der Waals surface area (Å²) in [6.07, 6.45) is 5.42. The molecule has 0 spiro atoms. The molecule has 0 aromatic carbocycles. The van der Waals surface area contributed by atoms with E-state index in [0.29, 0.717) is 17.6 Å². The minimum atomic E-state index is -0.0693. The van der Waals surface area contributed by atoms with Gasteiger partial charge in [0.2, 0.25) is 5.91 Å². The molecule has 2 aromatic rings. The molecule has 1 fully saturated rings. The van der Waals surface area contributed by atoms with Gasteiger partial charge < -0.3 is 15.6 Å². The molecule has 26 heavy (non-hydrogen) atoms. The number of aromatic nitrogens is 2. The van der Waals surface area contributed by atoms with Gasteiger partial charge in [0.05, 0.1) is 11.0 Å². The Morgan fingerprint density at radius 2 is 2.35 bits per heavy atom. The second kappa shape index (κ2) is 8.56. The number of likely N-dealkylation sites (tertiary alicyclic amines) is 1. The topological polar surface area (TPSA) is 82.0 Å². The fraction of sp³-hybridized carbons (Fsp3) is 0.474. The maximum absolute atomic E-state index is 11.5. The second-order valence-electron chi connectivity index (χ2n) is 6.85. The van der Waals surface area contributed by atoms with Crippen molar-refractivity contribution >= 4 is 34.8 Å². The van der Waals surface area contributed by atoms with E-state index in [0.717, 1.165) is 49.1 Å². The predicted octanol–water partition coefficient (Wildman–Crippen LogP) is 2.86. The van der Waals surface area contributed by atoms with Gasteiger partial charge in [0, 0.05) is 44.9 Å². The van der Waals surface area contributed by atoms with Gasteiger partial charge in [-0.3, -0.25) is 9.78 Å². The summed E-state index contributed by atoms with van der Waals surface area (Å²) >= 11 is 5.96. The first-order valence-electron chi connectivity index (χ1n) is 8.96. The highest BCUT2D eigenvalue weighted by atomic mass is 35.5. The third kappa shape index (κ3) is 4.56. The molecular formula is C19H24ClN5O. The van der Waals surface area contributed by atoms with Gasteiger partial charge in [0.1, 0.15) is 5.15 Å². The van der Waals surface area contributed by atoms with Gasteiger partial charge in [0.15, 0.2) is 0 Å². The number of carbonyl (C=O) groups is 1. The molecule has 1 saturated heterocycles. The Kier molecular flexibility index (Phi) is 6.16. The fourth-order valence-electron chi connectivity index (χ4n) is 3.43. The number of pyridine rings is 2. The fourth-order valence-corrected chi connectivity index (χ4v) is 3.59. The van der Waals surface area contributed by atoms with Crippen molar-refractivity contribution in [1.29, 1.82) is 5.41 Å². The van der Waals surface area contributed by atoms with E-state index in [1.54, 1.807) is 19.2 Å². The minimum Gasteiger partial charge on any atom is -0.343 e. The minimum absolute atomic E-state index is 0.0693. The van der Waals surface area contributed by atoms with Crippen LogP contribution in [-0.4, -0.2) is 53.2 Å². The molecule has 1 aliphatic heterocycles. The summed E-state index contributed by atoms with van der Waals surface area (Å²) in [5.41, 5.74) is 2.48. The van der Waals surface area contributed by atoms with Crippen LogP contribution < -0.4 is 5.32 Å². The first-order valence-corrected chi connectivity index (χ1v) is 9.33. The van der Waals surface area contributed by atoms with Crippen molar-refractivity contribution in [2.45, 2.75) is 25.7 Å². The molecule has 7 heteroatoms. The van der Waals surface area contributed by atoms with Gasteiger partial charge in [0.25, 0.3) is 0 Å². The first-order chi connectivity index (χ1) is 12.6. The maximum Gasteiger partial charge on any atom is 0.219 e. The number of halogens is 1. The highest BCUT2D eigenvalue weighted by molar-refractivity contribution is 6.29. The Balaban J connectivity index is 1.59. The summed E-state index contributed by atoms with van der Waals surface area (Å²) in [4.78, 5) is 22.2. The van der Waals surface area contributed by atoms with Crippen molar-refractivity contribution in [1.82, 2.24) is 20.2 Å². The number of carbonyl (C=O) groups excluding carboxylic acids is 1. The van der Waals surface area contributed by atoms with Crippen LogP contribution in [0.4, 0.5) is 0 Å². The van der Waals surface area contributed by atoms with E-state index in [2.05, 4.69) is 15.3 Å². The van der Waals surface area contributed by atoms with Crippen LogP contribution in [0.15, 0.2) is 24.4 Å². The lowest BCUT2D eigenvalue weighted by atomic mass is 9.97. The number of nitrogens with zero attached hydrogens (tertiary/aromatic N) is 3. The second-order valence-corrected chi connectivity index (χ2v) is 7.23. The van der Waals surface area contributed by atoms with Gasteiger partial charge >= 0.3 is 0 Å². The number of nitrogens with one attached hydrogen (secondary N) is 2. The monoisotopic (exact) mass is 373 g/mol. The summed E-state index contributed by atoms with van der Waals surface area (Å²) < 4.78 is 0. The van der Waals surface area contributed by atoms with Gasteiger partial charge in [-0.2, -0.15) is 0 Å². The number of piperidine rings is 1. The Labute approximate surface area is 158 Å². The van der Waals surface area contributed by atoms with E-state index in [1.807, 2.05) is 17.0 Å². The summed E-state index contributed by atoms with van der Waals surface area (Å²) in [7, 11) is 0. The van der Waals surface area contributed by atoms with Crippen molar-refractivity contribution in [3.63, 3.8) is 0 Å². The molecule has 1 amide bonds. The molecule has 2 unspecified atom stereocenters. The van der Waals surface area contributed by atoms with Gasteiger partial charge in [-0.25, -0.2) is 4.98 Å². The van der Waals surface area contributed by atoms with Crippen LogP contribution in [0.5, 0.6) is 0 Å². The van der Waals surface area contributed by atoms with Crippen LogP contribution in [-0.2, 0) is 4.79 Å². The van der Waals surface area contributed by atoms with Crippen molar-refractivity contribution in [3.05, 3.63) is 35.1 Å². The molecule has 2 N–H and O–H groups in total. The van der Waals surface area contributed by atoms with Gasteiger partial charge in [-0.05, 0) is 49.1 Å². The highest BCUT2D eigenvalue weighted by Crippen LogP contribution is 2.20. The maximum atomic E-state index is 11.5. The predicted molar refractivity (Wildman–Crippen MR) is 104 cm³/mol. The molecule has 0 saturated carbocycles. The standard InChI is InChI=1S/C19H24ClN5O/c1-13(26)25-6-2-3-14(12-25)9-22-10-16(8-21)15-7-18-17(23-11-15)4-5-19(20)24-18/h4-5,7-8,11,14,16,21-22H,2-3,6,9-10,12H2,1H3. The van der Waals surface area contributed by atoms with Crippen LogP contribution in [0, 0.1) is 11.3 Å². The molecule has 0 bridgehead atoms. The van der Waals surface area contributed by atoms with Crippen LogP contribution in [0.1, 0.15) is 31.2 Å². The van der Waals surface area contributed by atoms with Crippen LogP contribution in [0.3, 0.4) is 0 Å². The van der Waals surface area contributed by atoms with E-state index in [9.17, 15) is 4.79 Å². The molecule has 2 aromatic heterocycles. The van der Waals surface area contributed by atoms with Crippen molar-refractivity contribution in [2.24, 2.45) is 5.92 Å². The molecule has 3 rings (SSSR count). The van der Waals surface area contributed by atoms with Crippen LogP contribution in [0.25, 0.3) is 11.0 Å². The van der Waals surface area contributed by atoms with E-state index in [1.165, 1.54) is 6.21 Å². The summed E-state index contributed by atoms with van der Waals surface area (Å²) in [5.74, 6) is 0.551. The smallest absolute Gasteiger partial charge is 0.219 e. The Morgan fingerprint density at radius 3 is 3.12 bits per heavy atom. The SMILES string of the molecule is CC(=O)N1CCCC(CNCC(C=N)c2cnc3ccc(Cl)nc3c2)C1. The van der Waals surface area contributed by atoms with Crippen molar-refractivity contribution < 1.29 is 4.79 Å². The Morgan fingerprint density at radius 1 is 1.50 bits per heavy atom. The highest BCUT2D eigenvalue weighted by Gasteiger charge is 2.21. The van der Waals surface area contributed by atoms with Crippen molar-refractivity contribution in [3.8, 4) is 0 Å². The normalized spacial score (nSPS) is 18.7. The number of hydrogen-bond acceptors (Lipinski definition) is 5. The molecule has 0 aliphatic carbocycles. The Bertz CT molecular complexity index is 797. The average Bonchev–Trinajstić information content (AvgIpc) is 2.65. The van der Waals surface area contributed by atoms with E-state index >= 15 is 0 Å². The third-order valence-electron chi connectivity index (χ3n) is 4.92. The summed E-state index contributed by atoms with van der Waals surface area (Å²) in [5, 5.41) is 11.7. The van der Waals surface area contributed by atoms with E-state index < -0.39 is 0 Å². The molecule has 6 nitrogen and oxygen atoms in total. The third-order valence-corrected chi connectivity index (χ3v) is 5.13. The molecule has 1 aliphatic rings. The van der Waals surface area contributed by atoms with Crippen LogP contribution in [0.2, 0.25) is 5.15 Å². The Hall–Kier alpha value is -2.05. The number of fused-ring (bicyclic) bond motifs is 1. The lowest BCUT2D eigenvalue weighted by Crippen LogP contribution is -2.42. The number of hydrogen-bond donors (Lipinski definition) is 2. The molecule has 0 radical (unpaired) electrons. The summed E-state index contributed by atoms with van der Waals surface area (Å²) in [6, 6.07) is 5.51. The number of rotatable bonds is 6. The van der Waals surface area contributed by atoms with Crippen molar-refractivity contribution in [2.75, 3.05) is 26.2 Å². The zero-order chi connectivity index (χ0) is 18.5. The molecule has 2 atom stereocenters. The zero-order valence-electron chi connectivity index (χ0n) is 14.9. The summed E-state index contributed by atoms with van der Waals surface area (Å²) in [6.45, 7) is 4.83. The molecule has 3 heterocycles. The van der Waals surface area contributed by atoms with E-state index in [4.69, 9.17) is 17.0 Å². The quantitative estimate of drug-likeness (QED) is 0.602.